The lowest BCUT2D eigenvalue weighted by molar-refractivity contribution is -0.137. The van der Waals surface area contributed by atoms with Crippen LogP contribution in [0.2, 0.25) is 0 Å². The van der Waals surface area contributed by atoms with E-state index >= 15 is 0 Å². The Balaban J connectivity index is 1.60. The SMILES string of the molecule is O=S(=O)(c1cccc(F)c1)N1CCC(Oc2ccc(C(F)(F)F)cc2)CC1. The molecule has 2 aromatic carbocycles. The first kappa shape index (κ1) is 19.6. The molecule has 0 bridgehead atoms. The minimum Gasteiger partial charge on any atom is -0.490 e. The fraction of sp³-hybridized carbons (Fsp3) is 0.333. The average Bonchev–Trinajstić information content (AvgIpc) is 2.62. The van der Waals surface area contributed by atoms with Gasteiger partial charge in [-0.1, -0.05) is 6.07 Å². The minimum atomic E-state index is -4.41. The molecule has 0 unspecified atom stereocenters. The van der Waals surface area contributed by atoms with Gasteiger partial charge in [-0.25, -0.2) is 12.8 Å². The molecule has 27 heavy (non-hydrogen) atoms. The third-order valence-electron chi connectivity index (χ3n) is 4.32. The number of nitrogens with zero attached hydrogens (tertiary/aromatic N) is 1. The van der Waals surface area contributed by atoms with E-state index < -0.39 is 27.6 Å². The van der Waals surface area contributed by atoms with Gasteiger partial charge in [-0.3, -0.25) is 0 Å². The highest BCUT2D eigenvalue weighted by Gasteiger charge is 2.32. The van der Waals surface area contributed by atoms with Crippen LogP contribution >= 0.6 is 0 Å². The van der Waals surface area contributed by atoms with Crippen LogP contribution in [0.15, 0.2) is 53.4 Å². The Morgan fingerprint density at radius 2 is 1.63 bits per heavy atom. The zero-order valence-electron chi connectivity index (χ0n) is 14.1. The summed E-state index contributed by atoms with van der Waals surface area (Å²) in [6.45, 7) is 0.369. The van der Waals surface area contributed by atoms with Crippen LogP contribution in [0.4, 0.5) is 17.6 Å². The zero-order valence-corrected chi connectivity index (χ0v) is 14.9. The second-order valence-corrected chi connectivity index (χ2v) is 8.14. The third-order valence-corrected chi connectivity index (χ3v) is 6.21. The van der Waals surface area contributed by atoms with Crippen molar-refractivity contribution in [1.82, 2.24) is 4.31 Å². The number of alkyl halides is 3. The predicted molar refractivity (Wildman–Crippen MR) is 90.3 cm³/mol. The maximum Gasteiger partial charge on any atom is 0.416 e. The molecule has 4 nitrogen and oxygen atoms in total. The summed E-state index contributed by atoms with van der Waals surface area (Å²) in [7, 11) is -3.79. The second kappa shape index (κ2) is 7.47. The van der Waals surface area contributed by atoms with E-state index in [-0.39, 0.29) is 24.1 Å². The molecule has 9 heteroatoms. The molecule has 0 amide bonds. The van der Waals surface area contributed by atoms with Crippen LogP contribution < -0.4 is 4.74 Å². The summed E-state index contributed by atoms with van der Waals surface area (Å²) in [6, 6.07) is 9.20. The first-order valence-corrected chi connectivity index (χ1v) is 9.70. The molecule has 1 aliphatic rings. The molecule has 0 radical (unpaired) electrons. The lowest BCUT2D eigenvalue weighted by Crippen LogP contribution is -2.41. The van der Waals surface area contributed by atoms with Gasteiger partial charge in [0.05, 0.1) is 10.5 Å². The highest BCUT2D eigenvalue weighted by Crippen LogP contribution is 2.31. The van der Waals surface area contributed by atoms with Crippen LogP contribution in [0.5, 0.6) is 5.75 Å². The van der Waals surface area contributed by atoms with E-state index in [0.717, 1.165) is 18.2 Å². The van der Waals surface area contributed by atoms with Gasteiger partial charge in [0.15, 0.2) is 0 Å². The highest BCUT2D eigenvalue weighted by atomic mass is 32.2. The Hall–Kier alpha value is -2.13. The van der Waals surface area contributed by atoms with Gasteiger partial charge in [0.1, 0.15) is 17.7 Å². The Bertz CT molecular complexity index is 890. The third kappa shape index (κ3) is 4.59. The molecule has 146 valence electrons. The molecule has 0 saturated carbocycles. The van der Waals surface area contributed by atoms with E-state index in [1.807, 2.05) is 0 Å². The Morgan fingerprint density at radius 3 is 2.19 bits per heavy atom. The maximum absolute atomic E-state index is 13.3. The highest BCUT2D eigenvalue weighted by molar-refractivity contribution is 7.89. The number of halogens is 4. The minimum absolute atomic E-state index is 0.107. The number of hydrogen-bond donors (Lipinski definition) is 0. The van der Waals surface area contributed by atoms with Gasteiger partial charge in [0.25, 0.3) is 0 Å². The number of hydrogen-bond acceptors (Lipinski definition) is 3. The molecule has 3 rings (SSSR count). The molecular weight excluding hydrogens is 386 g/mol. The molecule has 1 heterocycles. The number of ether oxygens (including phenoxy) is 1. The molecule has 1 aliphatic heterocycles. The first-order chi connectivity index (χ1) is 12.7. The quantitative estimate of drug-likeness (QED) is 0.723. The Kier molecular flexibility index (Phi) is 5.43. The molecular formula is C18H17F4NO3S. The van der Waals surface area contributed by atoms with Crippen molar-refractivity contribution in [2.24, 2.45) is 0 Å². The van der Waals surface area contributed by atoms with Crippen molar-refractivity contribution in [1.29, 1.82) is 0 Å². The van der Waals surface area contributed by atoms with Crippen molar-refractivity contribution in [3.05, 3.63) is 59.9 Å². The van der Waals surface area contributed by atoms with Gasteiger partial charge in [0, 0.05) is 13.1 Å². The molecule has 0 aliphatic carbocycles. The number of piperidine rings is 1. The Labute approximate surface area is 154 Å². The molecule has 1 fully saturated rings. The monoisotopic (exact) mass is 403 g/mol. The van der Waals surface area contributed by atoms with E-state index in [1.165, 1.54) is 34.6 Å². The van der Waals surface area contributed by atoms with Gasteiger partial charge < -0.3 is 4.74 Å². The fourth-order valence-electron chi connectivity index (χ4n) is 2.88. The summed E-state index contributed by atoms with van der Waals surface area (Å²) in [6.07, 6.45) is -3.94. The number of benzene rings is 2. The maximum atomic E-state index is 13.3. The van der Waals surface area contributed by atoms with Crippen LogP contribution in [-0.2, 0) is 16.2 Å². The number of sulfonamides is 1. The van der Waals surface area contributed by atoms with Gasteiger partial charge >= 0.3 is 6.18 Å². The summed E-state index contributed by atoms with van der Waals surface area (Å²) in [5.74, 6) is -0.328. The largest absolute Gasteiger partial charge is 0.490 e. The van der Waals surface area contributed by atoms with E-state index in [2.05, 4.69) is 0 Å². The predicted octanol–water partition coefficient (Wildman–Crippen LogP) is 4.08. The van der Waals surface area contributed by atoms with Crippen molar-refractivity contribution < 1.29 is 30.7 Å². The molecule has 0 atom stereocenters. The summed E-state index contributed by atoms with van der Waals surface area (Å²) >= 11 is 0. The zero-order chi connectivity index (χ0) is 19.7. The van der Waals surface area contributed by atoms with Crippen molar-refractivity contribution in [2.45, 2.75) is 30.0 Å². The normalized spacial score (nSPS) is 17.0. The van der Waals surface area contributed by atoms with Crippen LogP contribution in [-0.4, -0.2) is 31.9 Å². The van der Waals surface area contributed by atoms with E-state index in [9.17, 15) is 26.0 Å². The number of rotatable bonds is 4. The fourth-order valence-corrected chi connectivity index (χ4v) is 4.38. The van der Waals surface area contributed by atoms with Gasteiger partial charge in [-0.05, 0) is 55.3 Å². The summed E-state index contributed by atoms with van der Waals surface area (Å²) < 4.78 is 83.0. The van der Waals surface area contributed by atoms with Crippen molar-refractivity contribution in [2.75, 3.05) is 13.1 Å². The van der Waals surface area contributed by atoms with Crippen molar-refractivity contribution in [3.63, 3.8) is 0 Å². The van der Waals surface area contributed by atoms with Crippen LogP contribution in [0.25, 0.3) is 0 Å². The van der Waals surface area contributed by atoms with E-state index in [1.54, 1.807) is 0 Å². The Morgan fingerprint density at radius 1 is 1.00 bits per heavy atom. The van der Waals surface area contributed by atoms with Crippen LogP contribution in [0, 0.1) is 5.82 Å². The lowest BCUT2D eigenvalue weighted by atomic mass is 10.1. The molecule has 0 aromatic heterocycles. The van der Waals surface area contributed by atoms with Crippen molar-refractivity contribution in [3.8, 4) is 5.75 Å². The standard InChI is InChI=1S/C18H17F4NO3S/c19-14-2-1-3-17(12-14)27(24,25)23-10-8-16(9-11-23)26-15-6-4-13(5-7-15)18(20,21)22/h1-7,12,16H,8-11H2. The average molecular weight is 403 g/mol. The van der Waals surface area contributed by atoms with Gasteiger partial charge in [-0.2, -0.15) is 17.5 Å². The van der Waals surface area contributed by atoms with Gasteiger partial charge in [0.2, 0.25) is 10.0 Å². The van der Waals surface area contributed by atoms with Gasteiger partial charge in [-0.15, -0.1) is 0 Å². The molecule has 0 spiro atoms. The van der Waals surface area contributed by atoms with Crippen LogP contribution in [0.3, 0.4) is 0 Å². The molecule has 2 aromatic rings. The lowest BCUT2D eigenvalue weighted by Gasteiger charge is -2.31. The van der Waals surface area contributed by atoms with E-state index in [0.29, 0.717) is 18.6 Å². The summed E-state index contributed by atoms with van der Waals surface area (Å²) in [4.78, 5) is -0.107. The topological polar surface area (TPSA) is 46.6 Å². The second-order valence-electron chi connectivity index (χ2n) is 6.20. The van der Waals surface area contributed by atoms with Crippen molar-refractivity contribution >= 4 is 10.0 Å². The molecule has 1 saturated heterocycles. The smallest absolute Gasteiger partial charge is 0.416 e. The summed E-state index contributed by atoms with van der Waals surface area (Å²) in [5, 5.41) is 0. The first-order valence-electron chi connectivity index (χ1n) is 8.26. The summed E-state index contributed by atoms with van der Waals surface area (Å²) in [5.41, 5.74) is -0.758. The molecule has 0 N–H and O–H groups in total. The van der Waals surface area contributed by atoms with Crippen LogP contribution in [0.1, 0.15) is 18.4 Å². The van der Waals surface area contributed by atoms with E-state index in [4.69, 9.17) is 4.74 Å².